The summed E-state index contributed by atoms with van der Waals surface area (Å²) >= 11 is 0. The third-order valence-electron chi connectivity index (χ3n) is 2.50. The van der Waals surface area contributed by atoms with Crippen molar-refractivity contribution in [2.75, 3.05) is 6.54 Å². The van der Waals surface area contributed by atoms with Crippen LogP contribution in [0.4, 0.5) is 0 Å². The summed E-state index contributed by atoms with van der Waals surface area (Å²) in [5.74, 6) is 0.362. The largest absolute Gasteiger partial charge is 0.393 e. The molecular weight excluding hydrogens is 152 g/mol. The monoisotopic (exact) mass is 168 g/mol. The van der Waals surface area contributed by atoms with Crippen LogP contribution in [0.15, 0.2) is 0 Å². The SMILES string of the molecule is CC(C#N)NCC1CCCC1O. The summed E-state index contributed by atoms with van der Waals surface area (Å²) < 4.78 is 0. The van der Waals surface area contributed by atoms with Crippen LogP contribution in [0.25, 0.3) is 0 Å². The number of hydrogen-bond acceptors (Lipinski definition) is 3. The van der Waals surface area contributed by atoms with E-state index in [1.165, 1.54) is 0 Å². The molecular formula is C9H16N2O. The van der Waals surface area contributed by atoms with Crippen LogP contribution in [0.2, 0.25) is 0 Å². The Bertz CT molecular complexity index is 176. The molecule has 1 aliphatic rings. The third kappa shape index (κ3) is 2.47. The molecule has 0 spiro atoms. The Hall–Kier alpha value is -0.590. The molecule has 1 aliphatic carbocycles. The van der Waals surface area contributed by atoms with Gasteiger partial charge >= 0.3 is 0 Å². The lowest BCUT2D eigenvalue weighted by atomic mass is 10.1. The minimum Gasteiger partial charge on any atom is -0.393 e. The molecule has 0 saturated heterocycles. The van der Waals surface area contributed by atoms with Crippen LogP contribution in [-0.2, 0) is 0 Å². The molecule has 1 fully saturated rings. The Morgan fingerprint density at radius 2 is 2.42 bits per heavy atom. The van der Waals surface area contributed by atoms with Crippen molar-refractivity contribution in [2.45, 2.75) is 38.3 Å². The Balaban J connectivity index is 2.19. The fourth-order valence-electron chi connectivity index (χ4n) is 1.63. The summed E-state index contributed by atoms with van der Waals surface area (Å²) in [6, 6.07) is 2.01. The van der Waals surface area contributed by atoms with Gasteiger partial charge in [-0.2, -0.15) is 5.26 Å². The van der Waals surface area contributed by atoms with Crippen molar-refractivity contribution in [1.29, 1.82) is 5.26 Å². The molecule has 3 atom stereocenters. The molecule has 3 nitrogen and oxygen atoms in total. The van der Waals surface area contributed by atoms with E-state index in [1.807, 2.05) is 6.92 Å². The van der Waals surface area contributed by atoms with Gasteiger partial charge in [0.05, 0.1) is 18.2 Å². The first-order valence-corrected chi connectivity index (χ1v) is 4.55. The summed E-state index contributed by atoms with van der Waals surface area (Å²) in [6.07, 6.45) is 2.98. The van der Waals surface area contributed by atoms with E-state index in [0.717, 1.165) is 25.8 Å². The van der Waals surface area contributed by atoms with Gasteiger partial charge in [0.1, 0.15) is 0 Å². The standard InChI is InChI=1S/C9H16N2O/c1-7(5-10)11-6-8-3-2-4-9(8)12/h7-9,11-12H,2-4,6H2,1H3. The molecule has 0 aromatic heterocycles. The van der Waals surface area contributed by atoms with E-state index in [0.29, 0.717) is 5.92 Å². The highest BCUT2D eigenvalue weighted by Gasteiger charge is 2.24. The van der Waals surface area contributed by atoms with Gasteiger partial charge in [-0.1, -0.05) is 6.42 Å². The van der Waals surface area contributed by atoms with E-state index >= 15 is 0 Å². The van der Waals surface area contributed by atoms with E-state index < -0.39 is 0 Å². The average molecular weight is 168 g/mol. The molecule has 0 aromatic carbocycles. The lowest BCUT2D eigenvalue weighted by Gasteiger charge is -2.15. The van der Waals surface area contributed by atoms with E-state index in [1.54, 1.807) is 0 Å². The van der Waals surface area contributed by atoms with Crippen LogP contribution in [0, 0.1) is 17.2 Å². The van der Waals surface area contributed by atoms with Crippen molar-refractivity contribution >= 4 is 0 Å². The predicted molar refractivity (Wildman–Crippen MR) is 46.4 cm³/mol. The Morgan fingerprint density at radius 3 is 2.92 bits per heavy atom. The molecule has 0 aromatic rings. The molecule has 3 heteroatoms. The molecule has 2 N–H and O–H groups in total. The van der Waals surface area contributed by atoms with Crippen LogP contribution in [0.5, 0.6) is 0 Å². The van der Waals surface area contributed by atoms with Crippen LogP contribution >= 0.6 is 0 Å². The number of nitrogens with zero attached hydrogens (tertiary/aromatic N) is 1. The summed E-state index contributed by atoms with van der Waals surface area (Å²) in [7, 11) is 0. The summed E-state index contributed by atoms with van der Waals surface area (Å²) in [5, 5.41) is 21.0. The minimum absolute atomic E-state index is 0.0993. The first-order chi connectivity index (χ1) is 5.74. The van der Waals surface area contributed by atoms with Gasteiger partial charge in [-0.25, -0.2) is 0 Å². The molecule has 0 amide bonds. The zero-order chi connectivity index (χ0) is 8.97. The number of nitriles is 1. The van der Waals surface area contributed by atoms with Gasteiger partial charge in [0.25, 0.3) is 0 Å². The Kier molecular flexibility index (Phi) is 3.51. The van der Waals surface area contributed by atoms with Gasteiger partial charge < -0.3 is 10.4 Å². The van der Waals surface area contributed by atoms with Crippen molar-refractivity contribution in [2.24, 2.45) is 5.92 Å². The zero-order valence-corrected chi connectivity index (χ0v) is 7.45. The summed E-state index contributed by atoms with van der Waals surface area (Å²) in [5.41, 5.74) is 0. The third-order valence-corrected chi connectivity index (χ3v) is 2.50. The Labute approximate surface area is 73.4 Å². The van der Waals surface area contributed by atoms with Gasteiger partial charge in [0, 0.05) is 6.54 Å². The average Bonchev–Trinajstić information content (AvgIpc) is 2.47. The van der Waals surface area contributed by atoms with Crippen LogP contribution < -0.4 is 5.32 Å². The summed E-state index contributed by atoms with van der Waals surface area (Å²) in [4.78, 5) is 0. The molecule has 12 heavy (non-hydrogen) atoms. The zero-order valence-electron chi connectivity index (χ0n) is 7.45. The quantitative estimate of drug-likeness (QED) is 0.650. The van der Waals surface area contributed by atoms with Crippen molar-refractivity contribution in [3.8, 4) is 6.07 Å². The van der Waals surface area contributed by atoms with Crippen molar-refractivity contribution < 1.29 is 5.11 Å². The second-order valence-corrected chi connectivity index (χ2v) is 3.52. The first-order valence-electron chi connectivity index (χ1n) is 4.55. The number of aliphatic hydroxyl groups is 1. The number of hydrogen-bond donors (Lipinski definition) is 2. The van der Waals surface area contributed by atoms with E-state index in [-0.39, 0.29) is 12.1 Å². The molecule has 0 aliphatic heterocycles. The smallest absolute Gasteiger partial charge is 0.0924 e. The fourth-order valence-corrected chi connectivity index (χ4v) is 1.63. The predicted octanol–water partition coefficient (Wildman–Crippen LogP) is 0.649. The molecule has 0 radical (unpaired) electrons. The maximum atomic E-state index is 9.45. The molecule has 1 rings (SSSR count). The second kappa shape index (κ2) is 4.44. The fraction of sp³-hybridized carbons (Fsp3) is 0.889. The van der Waals surface area contributed by atoms with Gasteiger partial charge in [-0.3, -0.25) is 0 Å². The minimum atomic E-state index is -0.150. The van der Waals surface area contributed by atoms with Gasteiger partial charge in [-0.05, 0) is 25.7 Å². The molecule has 1 saturated carbocycles. The maximum Gasteiger partial charge on any atom is 0.0924 e. The van der Waals surface area contributed by atoms with Crippen molar-refractivity contribution in [1.82, 2.24) is 5.32 Å². The van der Waals surface area contributed by atoms with Crippen LogP contribution in [0.3, 0.4) is 0 Å². The summed E-state index contributed by atoms with van der Waals surface area (Å²) in [6.45, 7) is 2.61. The van der Waals surface area contributed by atoms with E-state index in [2.05, 4.69) is 11.4 Å². The number of nitrogens with one attached hydrogen (secondary N) is 1. The number of aliphatic hydroxyl groups excluding tert-OH is 1. The van der Waals surface area contributed by atoms with Gasteiger partial charge in [-0.15, -0.1) is 0 Å². The Morgan fingerprint density at radius 1 is 1.67 bits per heavy atom. The lowest BCUT2D eigenvalue weighted by molar-refractivity contribution is 0.131. The lowest BCUT2D eigenvalue weighted by Crippen LogP contribution is -2.33. The van der Waals surface area contributed by atoms with Gasteiger partial charge in [0.15, 0.2) is 0 Å². The van der Waals surface area contributed by atoms with Crippen molar-refractivity contribution in [3.05, 3.63) is 0 Å². The molecule has 3 unspecified atom stereocenters. The number of rotatable bonds is 3. The normalized spacial score (nSPS) is 31.4. The van der Waals surface area contributed by atoms with Gasteiger partial charge in [0.2, 0.25) is 0 Å². The maximum absolute atomic E-state index is 9.45. The first kappa shape index (κ1) is 9.50. The highest BCUT2D eigenvalue weighted by Crippen LogP contribution is 2.24. The van der Waals surface area contributed by atoms with Crippen molar-refractivity contribution in [3.63, 3.8) is 0 Å². The second-order valence-electron chi connectivity index (χ2n) is 3.52. The highest BCUT2D eigenvalue weighted by atomic mass is 16.3. The van der Waals surface area contributed by atoms with Crippen LogP contribution in [-0.4, -0.2) is 23.8 Å². The van der Waals surface area contributed by atoms with E-state index in [4.69, 9.17) is 5.26 Å². The van der Waals surface area contributed by atoms with E-state index in [9.17, 15) is 5.11 Å². The highest BCUT2D eigenvalue weighted by molar-refractivity contribution is 4.87. The molecule has 0 heterocycles. The topological polar surface area (TPSA) is 56.0 Å². The van der Waals surface area contributed by atoms with Crippen LogP contribution in [0.1, 0.15) is 26.2 Å². The molecule has 68 valence electrons. The molecule has 0 bridgehead atoms.